The summed E-state index contributed by atoms with van der Waals surface area (Å²) in [6.45, 7) is 1.99. The van der Waals surface area contributed by atoms with Crippen molar-refractivity contribution in [2.75, 3.05) is 5.73 Å². The third-order valence-electron chi connectivity index (χ3n) is 3.82. The topological polar surface area (TPSA) is 56.0 Å². The van der Waals surface area contributed by atoms with Crippen molar-refractivity contribution in [3.8, 4) is 11.1 Å². The molecule has 0 radical (unpaired) electrons. The molecule has 3 rings (SSSR count). The van der Waals surface area contributed by atoms with Crippen LogP contribution >= 0.6 is 11.6 Å². The molecule has 0 aliphatic heterocycles. The van der Waals surface area contributed by atoms with Gasteiger partial charge in [-0.05, 0) is 36.2 Å². The van der Waals surface area contributed by atoms with Gasteiger partial charge in [-0.25, -0.2) is 4.98 Å². The first kappa shape index (κ1) is 16.2. The van der Waals surface area contributed by atoms with Gasteiger partial charge in [-0.1, -0.05) is 48.0 Å². The second-order valence-electron chi connectivity index (χ2n) is 5.75. The summed E-state index contributed by atoms with van der Waals surface area (Å²) in [7, 11) is 0. The summed E-state index contributed by atoms with van der Waals surface area (Å²) in [5.74, 6) is 0.394. The van der Waals surface area contributed by atoms with Crippen molar-refractivity contribution in [1.82, 2.24) is 4.98 Å². The van der Waals surface area contributed by atoms with Gasteiger partial charge < -0.3 is 5.73 Å². The monoisotopic (exact) mass is 336 g/mol. The van der Waals surface area contributed by atoms with Crippen LogP contribution in [0.4, 0.5) is 5.82 Å². The molecular weight excluding hydrogens is 320 g/mol. The van der Waals surface area contributed by atoms with E-state index in [9.17, 15) is 4.79 Å². The number of carbonyl (C=O) groups excluding carboxylic acids is 1. The first-order valence-corrected chi connectivity index (χ1v) is 8.01. The molecule has 1 aromatic heterocycles. The zero-order valence-corrected chi connectivity index (χ0v) is 14.0. The van der Waals surface area contributed by atoms with E-state index in [1.54, 1.807) is 18.3 Å². The molecule has 0 saturated heterocycles. The van der Waals surface area contributed by atoms with Crippen LogP contribution in [0.5, 0.6) is 0 Å². The molecule has 120 valence electrons. The molecule has 0 bridgehead atoms. The highest BCUT2D eigenvalue weighted by molar-refractivity contribution is 6.31. The fourth-order valence-corrected chi connectivity index (χ4v) is 2.91. The Hall–Kier alpha value is -2.65. The van der Waals surface area contributed by atoms with Crippen molar-refractivity contribution in [2.45, 2.75) is 13.3 Å². The minimum Gasteiger partial charge on any atom is -0.383 e. The van der Waals surface area contributed by atoms with E-state index in [4.69, 9.17) is 17.3 Å². The van der Waals surface area contributed by atoms with Crippen molar-refractivity contribution in [2.24, 2.45) is 0 Å². The lowest BCUT2D eigenvalue weighted by Gasteiger charge is -2.09. The van der Waals surface area contributed by atoms with Crippen LogP contribution in [0.2, 0.25) is 5.02 Å². The maximum absolute atomic E-state index is 12.4. The van der Waals surface area contributed by atoms with Gasteiger partial charge in [0.05, 0.1) is 0 Å². The van der Waals surface area contributed by atoms with Crippen LogP contribution in [0, 0.1) is 6.92 Å². The van der Waals surface area contributed by atoms with Gasteiger partial charge in [0.2, 0.25) is 0 Å². The number of ketones is 1. The number of rotatable bonds is 4. The van der Waals surface area contributed by atoms with E-state index >= 15 is 0 Å². The average molecular weight is 337 g/mol. The predicted octanol–water partition coefficient (Wildman–Crippen LogP) is 4.72. The van der Waals surface area contributed by atoms with Crippen LogP contribution in [0.1, 0.15) is 21.5 Å². The normalized spacial score (nSPS) is 10.6. The Kier molecular flexibility index (Phi) is 4.63. The van der Waals surface area contributed by atoms with Crippen molar-refractivity contribution < 1.29 is 4.79 Å². The third kappa shape index (κ3) is 3.63. The Morgan fingerprint density at radius 3 is 2.54 bits per heavy atom. The van der Waals surface area contributed by atoms with Gasteiger partial charge in [-0.2, -0.15) is 0 Å². The number of benzene rings is 2. The summed E-state index contributed by atoms with van der Waals surface area (Å²) < 4.78 is 0. The maximum Gasteiger partial charge on any atom is 0.167 e. The van der Waals surface area contributed by atoms with E-state index in [-0.39, 0.29) is 12.2 Å². The average Bonchev–Trinajstić information content (AvgIpc) is 2.56. The molecule has 1 heterocycles. The summed E-state index contributed by atoms with van der Waals surface area (Å²) in [5.41, 5.74) is 10.3. The molecule has 0 saturated carbocycles. The number of hydrogen-bond donors (Lipinski definition) is 1. The van der Waals surface area contributed by atoms with E-state index in [0.717, 1.165) is 22.3 Å². The van der Waals surface area contributed by atoms with Gasteiger partial charge in [-0.3, -0.25) is 4.79 Å². The van der Waals surface area contributed by atoms with Gasteiger partial charge in [0, 0.05) is 34.3 Å². The summed E-state index contributed by atoms with van der Waals surface area (Å²) in [6.07, 6.45) is 1.92. The number of nitrogens with zero attached hydrogens (tertiary/aromatic N) is 1. The quantitative estimate of drug-likeness (QED) is 0.701. The number of aryl methyl sites for hydroxylation is 1. The van der Waals surface area contributed by atoms with E-state index in [2.05, 4.69) is 4.98 Å². The van der Waals surface area contributed by atoms with E-state index in [0.29, 0.717) is 16.4 Å². The highest BCUT2D eigenvalue weighted by Gasteiger charge is 2.11. The minimum absolute atomic E-state index is 0.0172. The van der Waals surface area contributed by atoms with Gasteiger partial charge >= 0.3 is 0 Å². The van der Waals surface area contributed by atoms with Crippen LogP contribution < -0.4 is 5.73 Å². The molecule has 0 fully saturated rings. The molecule has 0 amide bonds. The number of hydrogen-bond acceptors (Lipinski definition) is 3. The Balaban J connectivity index is 1.93. The van der Waals surface area contributed by atoms with Gasteiger partial charge in [0.15, 0.2) is 5.78 Å². The van der Waals surface area contributed by atoms with E-state index in [1.165, 1.54) is 0 Å². The van der Waals surface area contributed by atoms with Crippen molar-refractivity contribution in [1.29, 1.82) is 0 Å². The number of aromatic nitrogens is 1. The third-order valence-corrected chi connectivity index (χ3v) is 4.04. The lowest BCUT2D eigenvalue weighted by atomic mass is 9.99. The lowest BCUT2D eigenvalue weighted by molar-refractivity contribution is 0.0993. The molecule has 2 N–H and O–H groups in total. The van der Waals surface area contributed by atoms with Gasteiger partial charge in [0.1, 0.15) is 5.82 Å². The van der Waals surface area contributed by atoms with Gasteiger partial charge in [-0.15, -0.1) is 0 Å². The highest BCUT2D eigenvalue weighted by Crippen LogP contribution is 2.26. The van der Waals surface area contributed by atoms with Gasteiger partial charge in [0.25, 0.3) is 0 Å². The smallest absolute Gasteiger partial charge is 0.167 e. The Morgan fingerprint density at radius 1 is 1.08 bits per heavy atom. The summed E-state index contributed by atoms with van der Waals surface area (Å²) in [4.78, 5) is 16.7. The van der Waals surface area contributed by atoms with Crippen LogP contribution in [-0.4, -0.2) is 10.8 Å². The largest absolute Gasteiger partial charge is 0.383 e. The fourth-order valence-electron chi connectivity index (χ4n) is 2.62. The van der Waals surface area contributed by atoms with E-state index < -0.39 is 0 Å². The molecular formula is C20H17ClN2O. The minimum atomic E-state index is 0.0172. The number of nitrogens with two attached hydrogens (primary N) is 1. The zero-order chi connectivity index (χ0) is 17.1. The highest BCUT2D eigenvalue weighted by atomic mass is 35.5. The standard InChI is InChI=1S/C20H17ClN2O/c1-13-7-15(10-18(21)8-13)17-9-16(20(22)23-12-17)11-19(24)14-5-3-2-4-6-14/h2-10,12H,11H2,1H3,(H2,22,23). The molecule has 24 heavy (non-hydrogen) atoms. The summed E-state index contributed by atoms with van der Waals surface area (Å²) in [5, 5.41) is 0.670. The van der Waals surface area contributed by atoms with Crippen LogP contribution in [0.25, 0.3) is 11.1 Å². The number of nitrogen functional groups attached to an aromatic ring is 1. The van der Waals surface area contributed by atoms with E-state index in [1.807, 2.05) is 49.4 Å². The maximum atomic E-state index is 12.4. The second kappa shape index (κ2) is 6.85. The molecule has 0 aliphatic carbocycles. The first-order chi connectivity index (χ1) is 11.5. The molecule has 0 aliphatic rings. The predicted molar refractivity (Wildman–Crippen MR) is 98.3 cm³/mol. The molecule has 0 atom stereocenters. The second-order valence-corrected chi connectivity index (χ2v) is 6.19. The lowest BCUT2D eigenvalue weighted by Crippen LogP contribution is -2.07. The van der Waals surface area contributed by atoms with Crippen molar-refractivity contribution in [3.05, 3.63) is 82.5 Å². The number of carbonyl (C=O) groups is 1. The number of anilines is 1. The zero-order valence-electron chi connectivity index (χ0n) is 13.3. The molecule has 4 heteroatoms. The van der Waals surface area contributed by atoms with Crippen molar-refractivity contribution in [3.63, 3.8) is 0 Å². The SMILES string of the molecule is Cc1cc(Cl)cc(-c2cnc(N)c(CC(=O)c3ccccc3)c2)c1. The fraction of sp³-hybridized carbons (Fsp3) is 0.100. The Labute approximate surface area is 146 Å². The Bertz CT molecular complexity index is 871. The number of Topliss-reactive ketones (excluding diaryl/α,β-unsaturated/α-hetero) is 1. The van der Waals surface area contributed by atoms with Crippen LogP contribution in [0.15, 0.2) is 60.8 Å². The Morgan fingerprint density at radius 2 is 1.83 bits per heavy atom. The van der Waals surface area contributed by atoms with Crippen molar-refractivity contribution >= 4 is 23.2 Å². The first-order valence-electron chi connectivity index (χ1n) is 7.63. The summed E-state index contributed by atoms with van der Waals surface area (Å²) >= 11 is 6.14. The molecule has 3 nitrogen and oxygen atoms in total. The molecule has 3 aromatic rings. The van der Waals surface area contributed by atoms with Crippen LogP contribution in [-0.2, 0) is 6.42 Å². The molecule has 0 unspecified atom stereocenters. The molecule has 2 aromatic carbocycles. The number of pyridine rings is 1. The van der Waals surface area contributed by atoms with Crippen LogP contribution in [0.3, 0.4) is 0 Å². The number of halogens is 1. The molecule has 0 spiro atoms. The summed E-state index contributed by atoms with van der Waals surface area (Å²) in [6, 6.07) is 16.9.